The average Bonchev–Trinajstić information content (AvgIpc) is 3.78. The van der Waals surface area contributed by atoms with Crippen molar-refractivity contribution < 1.29 is 18.9 Å². The fourth-order valence-electron chi connectivity index (χ4n) is 6.70. The highest BCUT2D eigenvalue weighted by atomic mass is 16.5. The smallest absolute Gasteiger partial charge is 0.166 e. The topological polar surface area (TPSA) is 123 Å². The average molecular weight is 661 g/mol. The van der Waals surface area contributed by atoms with Gasteiger partial charge in [0.1, 0.15) is 34.8 Å². The lowest BCUT2D eigenvalue weighted by Gasteiger charge is -2.24. The molecule has 1 N–H and O–H groups in total. The molecule has 0 amide bonds. The van der Waals surface area contributed by atoms with Crippen LogP contribution >= 0.6 is 0 Å². The molecule has 0 aliphatic carbocycles. The number of aryl methyl sites for hydroxylation is 1. The zero-order chi connectivity index (χ0) is 33.2. The Morgan fingerprint density at radius 3 is 2.45 bits per heavy atom. The summed E-state index contributed by atoms with van der Waals surface area (Å²) in [6.45, 7) is 4.22. The number of hydrogen-bond donors (Lipinski definition) is 1. The second-order valence-electron chi connectivity index (χ2n) is 12.6. The van der Waals surface area contributed by atoms with E-state index in [9.17, 15) is 0 Å². The highest BCUT2D eigenvalue weighted by Crippen LogP contribution is 2.37. The Kier molecular flexibility index (Phi) is 8.90. The molecule has 49 heavy (non-hydrogen) atoms. The first-order chi connectivity index (χ1) is 24.1. The molecule has 8 rings (SSSR count). The van der Waals surface area contributed by atoms with Crippen LogP contribution in [0.25, 0.3) is 33.3 Å². The third-order valence-electron chi connectivity index (χ3n) is 9.22. The number of ether oxygens (including phenoxy) is 4. The lowest BCUT2D eigenvalue weighted by molar-refractivity contribution is -0.0366. The minimum atomic E-state index is -0.100. The molecule has 4 aromatic heterocycles. The first-order valence-electron chi connectivity index (χ1n) is 17.0. The van der Waals surface area contributed by atoms with E-state index in [-0.39, 0.29) is 12.5 Å². The van der Waals surface area contributed by atoms with Gasteiger partial charge in [0.15, 0.2) is 11.9 Å². The molecule has 0 spiro atoms. The van der Waals surface area contributed by atoms with E-state index in [1.165, 1.54) is 0 Å². The van der Waals surface area contributed by atoms with Crippen LogP contribution < -0.4 is 10.1 Å². The second-order valence-corrected chi connectivity index (χ2v) is 12.6. The normalized spacial score (nSPS) is 18.2. The van der Waals surface area contributed by atoms with Crippen LogP contribution in [0.1, 0.15) is 67.9 Å². The van der Waals surface area contributed by atoms with Crippen molar-refractivity contribution in [2.24, 2.45) is 0 Å². The van der Waals surface area contributed by atoms with Crippen LogP contribution in [0.5, 0.6) is 5.75 Å². The fourth-order valence-corrected chi connectivity index (χ4v) is 6.70. The molecule has 6 aromatic rings. The van der Waals surface area contributed by atoms with Gasteiger partial charge in [0, 0.05) is 30.4 Å². The lowest BCUT2D eigenvalue weighted by atomic mass is 10.1. The van der Waals surface area contributed by atoms with Gasteiger partial charge in [0.2, 0.25) is 0 Å². The molecular weight excluding hydrogens is 620 g/mol. The number of nitrogens with one attached hydrogen (secondary N) is 1. The molecule has 2 aliphatic heterocycles. The van der Waals surface area contributed by atoms with Gasteiger partial charge < -0.3 is 24.3 Å². The van der Waals surface area contributed by atoms with Gasteiger partial charge in [-0.1, -0.05) is 18.2 Å². The number of hydrogen-bond acceptors (Lipinski definition) is 10. The van der Waals surface area contributed by atoms with Crippen molar-refractivity contribution in [1.29, 1.82) is 0 Å². The monoisotopic (exact) mass is 660 g/mol. The zero-order valence-electron chi connectivity index (χ0n) is 27.8. The van der Waals surface area contributed by atoms with Crippen molar-refractivity contribution in [2.75, 3.05) is 25.6 Å². The summed E-state index contributed by atoms with van der Waals surface area (Å²) >= 11 is 0. The number of anilines is 2. The summed E-state index contributed by atoms with van der Waals surface area (Å²) in [6.07, 6.45) is 11.7. The maximum absolute atomic E-state index is 6.15. The molecule has 252 valence electrons. The van der Waals surface area contributed by atoms with E-state index in [2.05, 4.69) is 17.4 Å². The Hall–Kier alpha value is -4.91. The lowest BCUT2D eigenvalue weighted by Crippen LogP contribution is -2.18. The van der Waals surface area contributed by atoms with Crippen molar-refractivity contribution in [3.05, 3.63) is 84.2 Å². The molecular formula is C37H40N8O4. The molecule has 2 saturated heterocycles. The van der Waals surface area contributed by atoms with Crippen LogP contribution in [0, 0.1) is 6.92 Å². The summed E-state index contributed by atoms with van der Waals surface area (Å²) in [4.78, 5) is 19.6. The predicted octanol–water partition coefficient (Wildman–Crippen LogP) is 7.41. The molecule has 2 unspecified atom stereocenters. The van der Waals surface area contributed by atoms with E-state index in [1.807, 2.05) is 71.3 Å². The van der Waals surface area contributed by atoms with Crippen LogP contribution in [0.2, 0.25) is 0 Å². The number of benzene rings is 2. The van der Waals surface area contributed by atoms with Crippen LogP contribution in [0.3, 0.4) is 0 Å². The van der Waals surface area contributed by atoms with Crippen LogP contribution in [0.4, 0.5) is 11.5 Å². The first-order valence-corrected chi connectivity index (χ1v) is 17.0. The highest BCUT2D eigenvalue weighted by molar-refractivity contribution is 5.96. The van der Waals surface area contributed by atoms with Crippen molar-refractivity contribution in [1.82, 2.24) is 34.3 Å². The summed E-state index contributed by atoms with van der Waals surface area (Å²) in [5, 5.41) is 9.36. The quantitative estimate of drug-likeness (QED) is 0.159. The predicted molar refractivity (Wildman–Crippen MR) is 185 cm³/mol. The third-order valence-corrected chi connectivity index (χ3v) is 9.22. The van der Waals surface area contributed by atoms with Crippen LogP contribution in [-0.4, -0.2) is 54.6 Å². The minimum absolute atomic E-state index is 0.0621. The third kappa shape index (κ3) is 6.46. The number of methoxy groups -OCH3 is 1. The van der Waals surface area contributed by atoms with E-state index in [0.29, 0.717) is 36.1 Å². The standard InChI is InChI=1S/C37H40N8O4/c1-24-41-34(35-37(42-24)44(23-39-35)32-10-3-5-16-48-32)28-18-26(22-47-21-25-12-14-27(46-2)15-13-25)19-38-36(28)43-30-8-7-9-31-29(30)20-40-45(31)33-11-4-6-17-49-33/h7-9,12-15,18-20,23,32-33H,3-6,10-11,16-17,21-22H2,1-2H3,(H,38,43). The molecule has 6 heterocycles. The van der Waals surface area contributed by atoms with E-state index >= 15 is 0 Å². The number of rotatable bonds is 10. The van der Waals surface area contributed by atoms with Gasteiger partial charge in [-0.15, -0.1) is 0 Å². The maximum atomic E-state index is 6.15. The van der Waals surface area contributed by atoms with Crippen molar-refractivity contribution in [3.63, 3.8) is 0 Å². The summed E-state index contributed by atoms with van der Waals surface area (Å²) in [6, 6.07) is 16.1. The fraction of sp³-hybridized carbons (Fsp3) is 0.378. The number of imidazole rings is 1. The van der Waals surface area contributed by atoms with Gasteiger partial charge in [-0.05, 0) is 86.9 Å². The first kappa shape index (κ1) is 31.4. The number of pyridine rings is 1. The van der Waals surface area contributed by atoms with Crippen molar-refractivity contribution in [3.8, 4) is 17.0 Å². The molecule has 0 bridgehead atoms. The largest absolute Gasteiger partial charge is 0.497 e. The van der Waals surface area contributed by atoms with Gasteiger partial charge in [-0.2, -0.15) is 5.10 Å². The maximum Gasteiger partial charge on any atom is 0.166 e. The number of nitrogens with zero attached hydrogens (tertiary/aromatic N) is 7. The Bertz CT molecular complexity index is 2060. The van der Waals surface area contributed by atoms with E-state index < -0.39 is 0 Å². The van der Waals surface area contributed by atoms with E-state index in [4.69, 9.17) is 44.0 Å². The SMILES string of the molecule is COc1ccc(COCc2cnc(Nc3cccc4c3cnn4C3CCCCO3)c(-c3nc(C)nc4c3ncn4C3CCCCO3)c2)cc1. The van der Waals surface area contributed by atoms with Crippen LogP contribution in [-0.2, 0) is 27.4 Å². The highest BCUT2D eigenvalue weighted by Gasteiger charge is 2.24. The Labute approximate surface area is 284 Å². The zero-order valence-corrected chi connectivity index (χ0v) is 27.8. The summed E-state index contributed by atoms with van der Waals surface area (Å²) in [5.41, 5.74) is 6.81. The van der Waals surface area contributed by atoms with Gasteiger partial charge in [-0.25, -0.2) is 24.6 Å². The van der Waals surface area contributed by atoms with Gasteiger partial charge in [0.05, 0.1) is 44.1 Å². The molecule has 0 radical (unpaired) electrons. The second kappa shape index (κ2) is 13.9. The van der Waals surface area contributed by atoms with E-state index in [0.717, 1.165) is 96.4 Å². The molecule has 2 aliphatic rings. The Morgan fingerprint density at radius 2 is 1.67 bits per heavy atom. The summed E-state index contributed by atoms with van der Waals surface area (Å²) in [7, 11) is 1.66. The minimum Gasteiger partial charge on any atom is -0.497 e. The molecule has 2 fully saturated rings. The molecule has 12 nitrogen and oxygen atoms in total. The number of aromatic nitrogens is 7. The van der Waals surface area contributed by atoms with Crippen molar-refractivity contribution in [2.45, 2.75) is 71.1 Å². The molecule has 2 atom stereocenters. The molecule has 2 aromatic carbocycles. The summed E-state index contributed by atoms with van der Waals surface area (Å²) in [5.74, 6) is 2.11. The van der Waals surface area contributed by atoms with Crippen LogP contribution in [0.15, 0.2) is 67.3 Å². The van der Waals surface area contributed by atoms with Crippen molar-refractivity contribution >= 4 is 33.6 Å². The van der Waals surface area contributed by atoms with Gasteiger partial charge in [0.25, 0.3) is 0 Å². The molecule has 12 heteroatoms. The Morgan fingerprint density at radius 1 is 0.878 bits per heavy atom. The van der Waals surface area contributed by atoms with Gasteiger partial charge >= 0.3 is 0 Å². The van der Waals surface area contributed by atoms with E-state index in [1.54, 1.807) is 7.11 Å². The Balaban J connectivity index is 1.16. The number of fused-ring (bicyclic) bond motifs is 2. The van der Waals surface area contributed by atoms with Gasteiger partial charge in [-0.3, -0.25) is 4.57 Å². The summed E-state index contributed by atoms with van der Waals surface area (Å²) < 4.78 is 27.7. The molecule has 0 saturated carbocycles.